The highest BCUT2D eigenvalue weighted by molar-refractivity contribution is 5.74. The van der Waals surface area contributed by atoms with Crippen LogP contribution in [0.3, 0.4) is 0 Å². The molecule has 2 aromatic rings. The zero-order chi connectivity index (χ0) is 14.9. The highest BCUT2D eigenvalue weighted by Gasteiger charge is 2.37. The van der Waals surface area contributed by atoms with E-state index in [4.69, 9.17) is 4.74 Å². The van der Waals surface area contributed by atoms with Crippen LogP contribution in [0, 0.1) is 5.92 Å². The van der Waals surface area contributed by atoms with Gasteiger partial charge >= 0.3 is 0 Å². The molecular weight excluding hydrogens is 278 g/mol. The maximum absolute atomic E-state index is 10.3. The lowest BCUT2D eigenvalue weighted by Crippen LogP contribution is -2.45. The largest absolute Gasteiger partial charge is 0.393 e. The van der Waals surface area contributed by atoms with Crippen LogP contribution in [0.25, 0.3) is 11.0 Å². The summed E-state index contributed by atoms with van der Waals surface area (Å²) in [6.45, 7) is 3.27. The number of nitrogens with zero attached hydrogens (tertiary/aromatic N) is 2. The van der Waals surface area contributed by atoms with Crippen molar-refractivity contribution < 1.29 is 9.84 Å². The maximum atomic E-state index is 10.3. The average Bonchev–Trinajstić information content (AvgIpc) is 3.14. The fraction of sp³-hybridized carbons (Fsp3) is 0.588. The quantitative estimate of drug-likeness (QED) is 0.909. The van der Waals surface area contributed by atoms with Gasteiger partial charge in [-0.15, -0.1) is 0 Å². The summed E-state index contributed by atoms with van der Waals surface area (Å²) < 4.78 is 5.60. The molecule has 5 heteroatoms. The molecule has 0 spiro atoms. The molecule has 3 heterocycles. The summed E-state index contributed by atoms with van der Waals surface area (Å²) in [7, 11) is 0. The van der Waals surface area contributed by atoms with Crippen LogP contribution in [0.15, 0.2) is 24.3 Å². The van der Waals surface area contributed by atoms with Crippen molar-refractivity contribution in [1.82, 2.24) is 14.9 Å². The number of hydrogen-bond acceptors (Lipinski definition) is 4. The Hall–Kier alpha value is -1.43. The van der Waals surface area contributed by atoms with Gasteiger partial charge in [0, 0.05) is 18.6 Å². The van der Waals surface area contributed by atoms with Gasteiger partial charge < -0.3 is 14.8 Å². The van der Waals surface area contributed by atoms with Gasteiger partial charge in [-0.3, -0.25) is 4.90 Å². The van der Waals surface area contributed by atoms with Crippen LogP contribution in [0.4, 0.5) is 0 Å². The van der Waals surface area contributed by atoms with Crippen molar-refractivity contribution in [3.8, 4) is 0 Å². The van der Waals surface area contributed by atoms with Gasteiger partial charge in [-0.25, -0.2) is 4.98 Å². The predicted octanol–water partition coefficient (Wildman–Crippen LogP) is 1.92. The summed E-state index contributed by atoms with van der Waals surface area (Å²) in [4.78, 5) is 10.6. The molecule has 1 aromatic heterocycles. The zero-order valence-corrected chi connectivity index (χ0v) is 12.7. The van der Waals surface area contributed by atoms with E-state index in [1.165, 1.54) is 6.42 Å². The normalized spacial score (nSPS) is 30.1. The second-order valence-corrected chi connectivity index (χ2v) is 6.48. The van der Waals surface area contributed by atoms with E-state index in [0.29, 0.717) is 19.3 Å². The molecule has 1 aromatic carbocycles. The number of likely N-dealkylation sites (tertiary alicyclic amines) is 1. The predicted molar refractivity (Wildman–Crippen MR) is 84.5 cm³/mol. The van der Waals surface area contributed by atoms with Gasteiger partial charge in [0.15, 0.2) is 0 Å². The van der Waals surface area contributed by atoms with Crippen LogP contribution in [0.2, 0.25) is 0 Å². The first-order chi connectivity index (χ1) is 10.8. The lowest BCUT2D eigenvalue weighted by atomic mass is 9.89. The average molecular weight is 301 g/mol. The van der Waals surface area contributed by atoms with Gasteiger partial charge in [0.05, 0.1) is 30.3 Å². The number of aliphatic hydroxyl groups is 1. The minimum absolute atomic E-state index is 0.227. The van der Waals surface area contributed by atoms with Gasteiger partial charge in [-0.2, -0.15) is 0 Å². The number of rotatable bonds is 3. The minimum Gasteiger partial charge on any atom is -0.393 e. The first-order valence-corrected chi connectivity index (χ1v) is 8.25. The lowest BCUT2D eigenvalue weighted by Gasteiger charge is -2.36. The Labute approximate surface area is 130 Å². The molecule has 0 unspecified atom stereocenters. The standard InChI is InChI=1S/C17H23N3O2/c21-16-7-9-22-11-12(16)15-6-3-8-20(15)10-17-18-13-4-1-2-5-14(13)19-17/h1-2,4-5,12,15-16,21H,3,6-11H2,(H,18,19)/t12-,15+,16+/m0/s1. The number of aromatic amines is 1. The molecule has 22 heavy (non-hydrogen) atoms. The third-order valence-corrected chi connectivity index (χ3v) is 5.06. The van der Waals surface area contributed by atoms with Crippen molar-refractivity contribution in [3.63, 3.8) is 0 Å². The molecule has 118 valence electrons. The zero-order valence-electron chi connectivity index (χ0n) is 12.7. The second kappa shape index (κ2) is 5.99. The van der Waals surface area contributed by atoms with Crippen molar-refractivity contribution in [2.24, 2.45) is 5.92 Å². The number of aromatic nitrogens is 2. The van der Waals surface area contributed by atoms with E-state index in [2.05, 4.69) is 20.9 Å². The van der Waals surface area contributed by atoms with E-state index in [1.807, 2.05) is 18.2 Å². The topological polar surface area (TPSA) is 61.4 Å². The molecule has 0 bridgehead atoms. The molecule has 2 N–H and O–H groups in total. The molecule has 0 amide bonds. The molecule has 2 aliphatic rings. The van der Waals surface area contributed by atoms with Crippen LogP contribution in [0.1, 0.15) is 25.1 Å². The van der Waals surface area contributed by atoms with Crippen LogP contribution < -0.4 is 0 Å². The van der Waals surface area contributed by atoms with E-state index in [-0.39, 0.29) is 12.0 Å². The molecule has 3 atom stereocenters. The number of para-hydroxylation sites is 2. The van der Waals surface area contributed by atoms with Crippen molar-refractivity contribution >= 4 is 11.0 Å². The highest BCUT2D eigenvalue weighted by Crippen LogP contribution is 2.30. The summed E-state index contributed by atoms with van der Waals surface area (Å²) in [6.07, 6.45) is 2.87. The number of hydrogen-bond donors (Lipinski definition) is 2. The first kappa shape index (κ1) is 14.2. The van der Waals surface area contributed by atoms with Crippen molar-refractivity contribution in [2.45, 2.75) is 38.0 Å². The number of aliphatic hydroxyl groups excluding tert-OH is 1. The van der Waals surface area contributed by atoms with E-state index in [9.17, 15) is 5.11 Å². The Morgan fingerprint density at radius 2 is 2.23 bits per heavy atom. The molecular formula is C17H23N3O2. The Balaban J connectivity index is 1.51. The number of imidazole rings is 1. The van der Waals surface area contributed by atoms with Gasteiger partial charge in [0.1, 0.15) is 5.82 Å². The summed E-state index contributed by atoms with van der Waals surface area (Å²) >= 11 is 0. The van der Waals surface area contributed by atoms with Crippen molar-refractivity contribution in [2.75, 3.05) is 19.8 Å². The summed E-state index contributed by atoms with van der Waals surface area (Å²) in [5.74, 6) is 1.25. The molecule has 0 saturated carbocycles. The first-order valence-electron chi connectivity index (χ1n) is 8.25. The van der Waals surface area contributed by atoms with Crippen LogP contribution in [-0.4, -0.2) is 51.9 Å². The van der Waals surface area contributed by atoms with E-state index < -0.39 is 0 Å². The number of fused-ring (bicyclic) bond motifs is 1. The van der Waals surface area contributed by atoms with Gasteiger partial charge in [0.25, 0.3) is 0 Å². The Morgan fingerprint density at radius 3 is 3.09 bits per heavy atom. The molecule has 5 nitrogen and oxygen atoms in total. The SMILES string of the molecule is O[C@@H]1CCOC[C@H]1[C@H]1CCCN1Cc1nc2ccccc2[nH]1. The van der Waals surface area contributed by atoms with Crippen molar-refractivity contribution in [1.29, 1.82) is 0 Å². The molecule has 4 rings (SSSR count). The van der Waals surface area contributed by atoms with Crippen LogP contribution in [-0.2, 0) is 11.3 Å². The van der Waals surface area contributed by atoms with E-state index >= 15 is 0 Å². The summed E-state index contributed by atoms with van der Waals surface area (Å²) in [5.41, 5.74) is 2.11. The Morgan fingerprint density at radius 1 is 1.32 bits per heavy atom. The van der Waals surface area contributed by atoms with E-state index in [0.717, 1.165) is 42.8 Å². The fourth-order valence-corrected chi connectivity index (χ4v) is 3.92. The molecule has 2 saturated heterocycles. The third kappa shape index (κ3) is 2.64. The Kier molecular flexibility index (Phi) is 3.86. The molecule has 0 aliphatic carbocycles. The molecule has 2 aliphatic heterocycles. The lowest BCUT2D eigenvalue weighted by molar-refractivity contribution is -0.0638. The summed E-state index contributed by atoms with van der Waals surface area (Å²) in [6, 6.07) is 8.55. The van der Waals surface area contributed by atoms with E-state index in [1.54, 1.807) is 0 Å². The maximum Gasteiger partial charge on any atom is 0.121 e. The Bertz CT molecular complexity index is 609. The smallest absolute Gasteiger partial charge is 0.121 e. The fourth-order valence-electron chi connectivity index (χ4n) is 3.92. The third-order valence-electron chi connectivity index (χ3n) is 5.06. The van der Waals surface area contributed by atoms with Gasteiger partial charge in [-0.05, 0) is 37.9 Å². The highest BCUT2D eigenvalue weighted by atomic mass is 16.5. The molecule has 2 fully saturated rings. The van der Waals surface area contributed by atoms with Crippen LogP contribution in [0.5, 0.6) is 0 Å². The number of ether oxygens (including phenoxy) is 1. The second-order valence-electron chi connectivity index (χ2n) is 6.48. The number of H-pyrrole nitrogens is 1. The number of benzene rings is 1. The van der Waals surface area contributed by atoms with Gasteiger partial charge in [0.2, 0.25) is 0 Å². The minimum atomic E-state index is -0.227. The van der Waals surface area contributed by atoms with Crippen LogP contribution >= 0.6 is 0 Å². The van der Waals surface area contributed by atoms with Crippen molar-refractivity contribution in [3.05, 3.63) is 30.1 Å². The van der Waals surface area contributed by atoms with Gasteiger partial charge in [-0.1, -0.05) is 12.1 Å². The monoisotopic (exact) mass is 301 g/mol. The number of nitrogens with one attached hydrogen (secondary N) is 1. The summed E-state index contributed by atoms with van der Waals surface area (Å²) in [5, 5.41) is 10.3. The molecule has 0 radical (unpaired) electrons.